The Morgan fingerprint density at radius 2 is 1.69 bits per heavy atom. The lowest BCUT2D eigenvalue weighted by Crippen LogP contribution is -2.53. The summed E-state index contributed by atoms with van der Waals surface area (Å²) in [6, 6.07) is 8.58. The third kappa shape index (κ3) is 3.51. The molecule has 1 spiro atoms. The maximum absolute atomic E-state index is 13.6. The number of halogens is 1. The first kappa shape index (κ1) is 19.7. The van der Waals surface area contributed by atoms with Crippen LogP contribution in [-0.2, 0) is 14.9 Å². The van der Waals surface area contributed by atoms with Crippen molar-refractivity contribution in [2.45, 2.75) is 44.4 Å². The number of likely N-dealkylation sites (tertiary alicyclic amines) is 1. The van der Waals surface area contributed by atoms with Crippen molar-refractivity contribution in [2.75, 3.05) is 39.4 Å². The Bertz CT molecular complexity index is 609. The van der Waals surface area contributed by atoms with Crippen LogP contribution < -0.4 is 5.32 Å². The quantitative estimate of drug-likeness (QED) is 0.859. The number of benzene rings is 1. The van der Waals surface area contributed by atoms with Crippen molar-refractivity contribution in [2.24, 2.45) is 5.41 Å². The maximum Gasteiger partial charge on any atom is 0.233 e. The van der Waals surface area contributed by atoms with Gasteiger partial charge >= 0.3 is 0 Å². The third-order valence-corrected chi connectivity index (χ3v) is 6.80. The zero-order valence-electron chi connectivity index (χ0n) is 15.8. The van der Waals surface area contributed by atoms with Gasteiger partial charge in [0.1, 0.15) is 0 Å². The van der Waals surface area contributed by atoms with Gasteiger partial charge in [-0.1, -0.05) is 29.8 Å². The van der Waals surface area contributed by atoms with E-state index in [9.17, 15) is 4.79 Å². The van der Waals surface area contributed by atoms with E-state index in [1.54, 1.807) is 0 Å². The molecule has 0 bridgehead atoms. The minimum Gasteiger partial charge on any atom is -0.381 e. The van der Waals surface area contributed by atoms with Crippen molar-refractivity contribution in [1.29, 1.82) is 0 Å². The summed E-state index contributed by atoms with van der Waals surface area (Å²) in [5, 5.41) is 3.51. The van der Waals surface area contributed by atoms with Crippen LogP contribution in [0.3, 0.4) is 0 Å². The van der Waals surface area contributed by atoms with Crippen LogP contribution in [0.25, 0.3) is 0 Å². The first-order chi connectivity index (χ1) is 12.1. The van der Waals surface area contributed by atoms with Crippen molar-refractivity contribution in [3.63, 3.8) is 0 Å². The molecule has 0 unspecified atom stereocenters. The molecular weight excluding hydrogens is 348 g/mol. The van der Waals surface area contributed by atoms with Gasteiger partial charge in [0.05, 0.1) is 5.41 Å². The van der Waals surface area contributed by atoms with Gasteiger partial charge in [-0.2, -0.15) is 0 Å². The SMILES string of the molecule is Cc1ccc(C2(C(=O)N3CCC4(CCNC4)CC3)CCOCC2)cc1.Cl. The second-order valence-electron chi connectivity index (χ2n) is 8.28. The van der Waals surface area contributed by atoms with Crippen LogP contribution in [0.5, 0.6) is 0 Å². The number of carbonyl (C=O) groups excluding carboxylic acids is 1. The predicted molar refractivity (Wildman–Crippen MR) is 106 cm³/mol. The number of hydrogen-bond acceptors (Lipinski definition) is 3. The van der Waals surface area contributed by atoms with E-state index in [2.05, 4.69) is 41.4 Å². The van der Waals surface area contributed by atoms with Crippen LogP contribution in [0.4, 0.5) is 0 Å². The van der Waals surface area contributed by atoms with Crippen molar-refractivity contribution in [1.82, 2.24) is 10.2 Å². The highest BCUT2D eigenvalue weighted by molar-refractivity contribution is 5.88. The lowest BCUT2D eigenvalue weighted by atomic mass is 9.71. The van der Waals surface area contributed by atoms with Crippen LogP contribution >= 0.6 is 12.4 Å². The first-order valence-corrected chi connectivity index (χ1v) is 9.79. The second kappa shape index (κ2) is 7.87. The molecule has 26 heavy (non-hydrogen) atoms. The van der Waals surface area contributed by atoms with Crippen LogP contribution in [-0.4, -0.2) is 50.2 Å². The van der Waals surface area contributed by atoms with Crippen LogP contribution in [0, 0.1) is 12.3 Å². The van der Waals surface area contributed by atoms with Gasteiger partial charge in [-0.3, -0.25) is 4.79 Å². The molecule has 4 nitrogen and oxygen atoms in total. The molecule has 1 aromatic rings. The van der Waals surface area contributed by atoms with Crippen molar-refractivity contribution < 1.29 is 9.53 Å². The Morgan fingerprint density at radius 1 is 1.04 bits per heavy atom. The van der Waals surface area contributed by atoms with Crippen molar-refractivity contribution in [3.05, 3.63) is 35.4 Å². The maximum atomic E-state index is 13.6. The van der Waals surface area contributed by atoms with Crippen LogP contribution in [0.15, 0.2) is 24.3 Å². The summed E-state index contributed by atoms with van der Waals surface area (Å²) in [4.78, 5) is 15.8. The smallest absolute Gasteiger partial charge is 0.233 e. The Balaban J connectivity index is 0.00000196. The topological polar surface area (TPSA) is 41.6 Å². The lowest BCUT2D eigenvalue weighted by molar-refractivity contribution is -0.143. The van der Waals surface area contributed by atoms with E-state index in [4.69, 9.17) is 4.74 Å². The highest BCUT2D eigenvalue weighted by Gasteiger charge is 2.46. The van der Waals surface area contributed by atoms with E-state index in [1.807, 2.05) is 0 Å². The Morgan fingerprint density at radius 3 is 2.27 bits per heavy atom. The molecule has 1 aromatic carbocycles. The molecule has 3 aliphatic rings. The predicted octanol–water partition coefficient (Wildman–Crippen LogP) is 3.07. The molecule has 1 N–H and O–H groups in total. The second-order valence-corrected chi connectivity index (χ2v) is 8.28. The molecule has 0 aromatic heterocycles. The number of ether oxygens (including phenoxy) is 1. The normalized spacial score (nSPS) is 24.3. The fourth-order valence-electron chi connectivity index (χ4n) is 4.93. The van der Waals surface area contributed by atoms with Crippen molar-refractivity contribution in [3.8, 4) is 0 Å². The highest BCUT2D eigenvalue weighted by Crippen LogP contribution is 2.41. The molecule has 3 saturated heterocycles. The van der Waals surface area contributed by atoms with Gasteiger partial charge in [-0.15, -0.1) is 12.4 Å². The zero-order valence-corrected chi connectivity index (χ0v) is 16.6. The van der Waals surface area contributed by atoms with E-state index in [0.717, 1.165) is 51.9 Å². The number of nitrogens with one attached hydrogen (secondary N) is 1. The lowest BCUT2D eigenvalue weighted by Gasteiger charge is -2.44. The number of aryl methyl sites for hydroxylation is 1. The number of rotatable bonds is 2. The molecule has 1 amide bonds. The molecule has 0 aliphatic carbocycles. The van der Waals surface area contributed by atoms with Gasteiger partial charge in [0.15, 0.2) is 0 Å². The fraction of sp³-hybridized carbons (Fsp3) is 0.667. The van der Waals surface area contributed by atoms with Crippen LogP contribution in [0.1, 0.15) is 43.2 Å². The summed E-state index contributed by atoms with van der Waals surface area (Å²) in [5.74, 6) is 0.334. The zero-order chi connectivity index (χ0) is 17.3. The summed E-state index contributed by atoms with van der Waals surface area (Å²) in [7, 11) is 0. The Hall–Kier alpha value is -1.10. The summed E-state index contributed by atoms with van der Waals surface area (Å²) in [5.41, 5.74) is 2.48. The molecule has 3 aliphatic heterocycles. The Kier molecular flexibility index (Phi) is 5.95. The minimum absolute atomic E-state index is 0. The van der Waals surface area contributed by atoms with E-state index >= 15 is 0 Å². The largest absolute Gasteiger partial charge is 0.381 e. The Labute approximate surface area is 163 Å². The monoisotopic (exact) mass is 378 g/mol. The fourth-order valence-corrected chi connectivity index (χ4v) is 4.93. The molecule has 3 fully saturated rings. The van der Waals surface area contributed by atoms with Gasteiger partial charge in [-0.25, -0.2) is 0 Å². The number of amides is 1. The molecule has 0 atom stereocenters. The molecule has 3 heterocycles. The van der Waals surface area contributed by atoms with Gasteiger partial charge < -0.3 is 15.0 Å². The van der Waals surface area contributed by atoms with Gasteiger partial charge in [0.25, 0.3) is 0 Å². The van der Waals surface area contributed by atoms with Crippen molar-refractivity contribution >= 4 is 18.3 Å². The average molecular weight is 379 g/mol. The standard InChI is InChI=1S/C21H30N2O2.ClH/c1-17-2-4-18(5-3-17)21(9-14-25-15-10-21)19(24)23-12-7-20(8-13-23)6-11-22-16-20;/h2-5,22H,6-16H2,1H3;1H. The van der Waals surface area contributed by atoms with E-state index in [1.165, 1.54) is 17.5 Å². The van der Waals surface area contributed by atoms with Gasteiger partial charge in [-0.05, 0) is 56.6 Å². The van der Waals surface area contributed by atoms with E-state index in [-0.39, 0.29) is 17.8 Å². The summed E-state index contributed by atoms with van der Waals surface area (Å²) in [6.07, 6.45) is 5.17. The average Bonchev–Trinajstić information content (AvgIpc) is 3.11. The molecular formula is C21H31ClN2O2. The van der Waals surface area contributed by atoms with Crippen LogP contribution in [0.2, 0.25) is 0 Å². The summed E-state index contributed by atoms with van der Waals surface area (Å²) < 4.78 is 5.60. The van der Waals surface area contributed by atoms with Gasteiger partial charge in [0.2, 0.25) is 5.91 Å². The summed E-state index contributed by atoms with van der Waals surface area (Å²) >= 11 is 0. The molecule has 4 rings (SSSR count). The molecule has 5 heteroatoms. The van der Waals surface area contributed by atoms with E-state index < -0.39 is 0 Å². The van der Waals surface area contributed by atoms with E-state index in [0.29, 0.717) is 24.5 Å². The third-order valence-electron chi connectivity index (χ3n) is 6.80. The number of hydrogen-bond donors (Lipinski definition) is 1. The highest BCUT2D eigenvalue weighted by atomic mass is 35.5. The number of nitrogens with zero attached hydrogens (tertiary/aromatic N) is 1. The number of carbonyl (C=O) groups is 1. The molecule has 0 radical (unpaired) electrons. The number of piperidine rings is 1. The molecule has 144 valence electrons. The first-order valence-electron chi connectivity index (χ1n) is 9.79. The summed E-state index contributed by atoms with van der Waals surface area (Å²) in [6.45, 7) is 7.55. The molecule has 0 saturated carbocycles. The minimum atomic E-state index is -0.385. The van der Waals surface area contributed by atoms with Gasteiger partial charge in [0, 0.05) is 32.8 Å².